The molecule has 1 fully saturated rings. The minimum atomic E-state index is -3.49. The SMILES string of the molecule is Cl.NC1CCC(NS(=O)(=O)c2ccco2)CC1. The summed E-state index contributed by atoms with van der Waals surface area (Å²) in [5.41, 5.74) is 5.76. The summed E-state index contributed by atoms with van der Waals surface area (Å²) in [7, 11) is -3.49. The number of hydrogen-bond donors (Lipinski definition) is 2. The van der Waals surface area contributed by atoms with Crippen LogP contribution in [0.3, 0.4) is 0 Å². The number of nitrogens with one attached hydrogen (secondary N) is 1. The zero-order valence-corrected chi connectivity index (χ0v) is 11.0. The van der Waals surface area contributed by atoms with Gasteiger partial charge in [0.1, 0.15) is 0 Å². The van der Waals surface area contributed by atoms with Gasteiger partial charge in [-0.1, -0.05) is 0 Å². The Morgan fingerprint density at radius 2 is 1.94 bits per heavy atom. The van der Waals surface area contributed by atoms with Gasteiger partial charge in [0.2, 0.25) is 5.09 Å². The number of furan rings is 1. The molecule has 0 atom stereocenters. The second-order valence-electron chi connectivity index (χ2n) is 4.17. The zero-order chi connectivity index (χ0) is 11.6. The molecule has 1 aliphatic carbocycles. The summed E-state index contributed by atoms with van der Waals surface area (Å²) in [5.74, 6) is 0. The molecular formula is C10H17ClN2O3S. The molecule has 17 heavy (non-hydrogen) atoms. The van der Waals surface area contributed by atoms with Crippen LogP contribution in [0.2, 0.25) is 0 Å². The predicted molar refractivity (Wildman–Crippen MR) is 66.5 cm³/mol. The lowest BCUT2D eigenvalue weighted by Crippen LogP contribution is -2.40. The van der Waals surface area contributed by atoms with E-state index in [2.05, 4.69) is 4.72 Å². The third-order valence-corrected chi connectivity index (χ3v) is 4.26. The Labute approximate surface area is 107 Å². The lowest BCUT2D eigenvalue weighted by molar-refractivity contribution is 0.368. The molecule has 1 aromatic rings. The quantitative estimate of drug-likeness (QED) is 0.873. The second kappa shape index (κ2) is 5.86. The van der Waals surface area contributed by atoms with Crippen LogP contribution in [0.15, 0.2) is 27.9 Å². The highest BCUT2D eigenvalue weighted by Crippen LogP contribution is 2.19. The lowest BCUT2D eigenvalue weighted by Gasteiger charge is -2.26. The van der Waals surface area contributed by atoms with Crippen LogP contribution in [-0.4, -0.2) is 20.5 Å². The Kier molecular flexibility index (Phi) is 5.00. The van der Waals surface area contributed by atoms with E-state index in [-0.39, 0.29) is 29.6 Å². The fourth-order valence-electron chi connectivity index (χ4n) is 1.93. The van der Waals surface area contributed by atoms with Gasteiger partial charge < -0.3 is 10.2 Å². The molecule has 0 radical (unpaired) electrons. The number of rotatable bonds is 3. The van der Waals surface area contributed by atoms with Crippen molar-refractivity contribution in [2.45, 2.75) is 42.9 Å². The van der Waals surface area contributed by atoms with Crippen molar-refractivity contribution in [3.63, 3.8) is 0 Å². The van der Waals surface area contributed by atoms with Crippen molar-refractivity contribution >= 4 is 22.4 Å². The summed E-state index contributed by atoms with van der Waals surface area (Å²) in [4.78, 5) is 0. The highest BCUT2D eigenvalue weighted by Gasteiger charge is 2.25. The van der Waals surface area contributed by atoms with Gasteiger partial charge in [0.15, 0.2) is 0 Å². The molecular weight excluding hydrogens is 264 g/mol. The molecule has 2 rings (SSSR count). The second-order valence-corrected chi connectivity index (χ2v) is 5.81. The third kappa shape index (κ3) is 3.70. The van der Waals surface area contributed by atoms with Gasteiger partial charge in [-0.25, -0.2) is 13.1 Å². The molecule has 0 aliphatic heterocycles. The van der Waals surface area contributed by atoms with Crippen LogP contribution in [0.5, 0.6) is 0 Å². The maximum atomic E-state index is 11.8. The molecule has 1 aromatic heterocycles. The Morgan fingerprint density at radius 1 is 1.29 bits per heavy atom. The molecule has 3 N–H and O–H groups in total. The molecule has 1 saturated carbocycles. The van der Waals surface area contributed by atoms with Gasteiger partial charge in [0, 0.05) is 12.1 Å². The molecule has 0 aromatic carbocycles. The Balaban J connectivity index is 0.00000144. The summed E-state index contributed by atoms with van der Waals surface area (Å²) in [5, 5.41) is -0.0256. The summed E-state index contributed by atoms with van der Waals surface area (Å²) >= 11 is 0. The van der Waals surface area contributed by atoms with E-state index >= 15 is 0 Å². The van der Waals surface area contributed by atoms with E-state index in [1.165, 1.54) is 12.3 Å². The first-order chi connectivity index (χ1) is 7.58. The van der Waals surface area contributed by atoms with Gasteiger partial charge in [-0.2, -0.15) is 0 Å². The van der Waals surface area contributed by atoms with E-state index in [0.717, 1.165) is 25.7 Å². The van der Waals surface area contributed by atoms with Gasteiger partial charge in [-0.3, -0.25) is 0 Å². The largest absolute Gasteiger partial charge is 0.452 e. The minimum Gasteiger partial charge on any atom is -0.452 e. The van der Waals surface area contributed by atoms with E-state index in [0.29, 0.717) is 0 Å². The fraction of sp³-hybridized carbons (Fsp3) is 0.600. The molecule has 1 heterocycles. The summed E-state index contributed by atoms with van der Waals surface area (Å²) in [6.07, 6.45) is 4.67. The fourth-order valence-corrected chi connectivity index (χ4v) is 3.16. The topological polar surface area (TPSA) is 85.3 Å². The number of nitrogens with two attached hydrogens (primary N) is 1. The standard InChI is InChI=1S/C10H16N2O3S.ClH/c11-8-3-5-9(6-4-8)12-16(13,14)10-2-1-7-15-10;/h1-2,7-9,12H,3-6,11H2;1H. The highest BCUT2D eigenvalue weighted by molar-refractivity contribution is 7.89. The van der Waals surface area contributed by atoms with Gasteiger partial charge in [0.05, 0.1) is 6.26 Å². The van der Waals surface area contributed by atoms with Crippen LogP contribution in [0, 0.1) is 0 Å². The Morgan fingerprint density at radius 3 is 2.47 bits per heavy atom. The van der Waals surface area contributed by atoms with E-state index in [9.17, 15) is 8.42 Å². The first kappa shape index (κ1) is 14.5. The molecule has 0 unspecified atom stereocenters. The molecule has 0 amide bonds. The predicted octanol–water partition coefficient (Wildman–Crippen LogP) is 1.25. The van der Waals surface area contributed by atoms with Crippen molar-refractivity contribution in [1.29, 1.82) is 0 Å². The van der Waals surface area contributed by atoms with Crippen LogP contribution in [0.1, 0.15) is 25.7 Å². The highest BCUT2D eigenvalue weighted by atomic mass is 35.5. The average Bonchev–Trinajstić information content (AvgIpc) is 2.75. The molecule has 0 bridgehead atoms. The van der Waals surface area contributed by atoms with Gasteiger partial charge >= 0.3 is 0 Å². The van der Waals surface area contributed by atoms with Crippen LogP contribution in [-0.2, 0) is 10.0 Å². The molecule has 1 aliphatic rings. The Hall–Kier alpha value is -0.560. The first-order valence-corrected chi connectivity index (χ1v) is 6.87. The van der Waals surface area contributed by atoms with E-state index in [4.69, 9.17) is 10.2 Å². The smallest absolute Gasteiger partial charge is 0.274 e. The van der Waals surface area contributed by atoms with Crippen LogP contribution in [0.25, 0.3) is 0 Å². The molecule has 5 nitrogen and oxygen atoms in total. The molecule has 0 spiro atoms. The van der Waals surface area contributed by atoms with Crippen molar-refractivity contribution < 1.29 is 12.8 Å². The Bertz CT molecular complexity index is 424. The lowest BCUT2D eigenvalue weighted by atomic mass is 9.93. The van der Waals surface area contributed by atoms with Crippen LogP contribution < -0.4 is 10.5 Å². The number of hydrogen-bond acceptors (Lipinski definition) is 4. The van der Waals surface area contributed by atoms with Crippen molar-refractivity contribution in [2.24, 2.45) is 5.73 Å². The third-order valence-electron chi connectivity index (χ3n) is 2.85. The van der Waals surface area contributed by atoms with Crippen molar-refractivity contribution in [3.05, 3.63) is 18.4 Å². The van der Waals surface area contributed by atoms with Gasteiger partial charge in [0.25, 0.3) is 10.0 Å². The summed E-state index contributed by atoms with van der Waals surface area (Å²) < 4.78 is 31.1. The summed E-state index contributed by atoms with van der Waals surface area (Å²) in [6.45, 7) is 0. The zero-order valence-electron chi connectivity index (χ0n) is 9.33. The minimum absolute atomic E-state index is 0. The van der Waals surface area contributed by atoms with Crippen LogP contribution in [0.4, 0.5) is 0 Å². The average molecular weight is 281 g/mol. The van der Waals surface area contributed by atoms with Crippen molar-refractivity contribution in [3.8, 4) is 0 Å². The maximum Gasteiger partial charge on any atom is 0.274 e. The van der Waals surface area contributed by atoms with Crippen molar-refractivity contribution in [2.75, 3.05) is 0 Å². The van der Waals surface area contributed by atoms with E-state index in [1.807, 2.05) is 0 Å². The number of halogens is 1. The van der Waals surface area contributed by atoms with Crippen LogP contribution >= 0.6 is 12.4 Å². The monoisotopic (exact) mass is 280 g/mol. The van der Waals surface area contributed by atoms with Crippen molar-refractivity contribution in [1.82, 2.24) is 4.72 Å². The van der Waals surface area contributed by atoms with Gasteiger partial charge in [-0.05, 0) is 37.8 Å². The first-order valence-electron chi connectivity index (χ1n) is 5.39. The van der Waals surface area contributed by atoms with Gasteiger partial charge in [-0.15, -0.1) is 12.4 Å². The van der Waals surface area contributed by atoms with E-state index < -0.39 is 10.0 Å². The van der Waals surface area contributed by atoms with E-state index in [1.54, 1.807) is 6.07 Å². The maximum absolute atomic E-state index is 11.8. The number of sulfonamides is 1. The molecule has 0 saturated heterocycles. The summed E-state index contributed by atoms with van der Waals surface area (Å²) in [6, 6.07) is 3.20. The normalized spacial score (nSPS) is 25.2. The molecule has 7 heteroatoms. The molecule has 98 valence electrons.